The van der Waals surface area contributed by atoms with Gasteiger partial charge in [0.2, 0.25) is 0 Å². The van der Waals surface area contributed by atoms with E-state index in [0.717, 1.165) is 12.1 Å². The summed E-state index contributed by atoms with van der Waals surface area (Å²) < 4.78 is 7.30. The number of pyridine rings is 3. The van der Waals surface area contributed by atoms with Crippen molar-refractivity contribution in [1.82, 2.24) is 9.55 Å². The van der Waals surface area contributed by atoms with Crippen LogP contribution < -0.4 is 8.97 Å². The lowest BCUT2D eigenvalue weighted by atomic mass is 9.60. The molecule has 0 bridgehead atoms. The van der Waals surface area contributed by atoms with Crippen molar-refractivity contribution in [2.24, 2.45) is 7.05 Å². The van der Waals surface area contributed by atoms with Crippen LogP contribution in [0.1, 0.15) is 50.2 Å². The Hall–Kier alpha value is -2.49. The van der Waals surface area contributed by atoms with Crippen molar-refractivity contribution in [2.75, 3.05) is 0 Å². The Kier molecular flexibility index (Phi) is 2.21. The molecule has 4 nitrogen and oxygen atoms in total. The van der Waals surface area contributed by atoms with Crippen molar-refractivity contribution in [1.29, 1.82) is 0 Å². The van der Waals surface area contributed by atoms with Gasteiger partial charge in [-0.25, -0.2) is 9.55 Å². The minimum absolute atomic E-state index is 0.0289. The number of aryl methyl sites for hydroxylation is 1. The van der Waals surface area contributed by atoms with Crippen LogP contribution in [0.3, 0.4) is 0 Å². The van der Waals surface area contributed by atoms with E-state index in [-0.39, 0.29) is 10.8 Å². The van der Waals surface area contributed by atoms with Crippen molar-refractivity contribution in [3.63, 3.8) is 0 Å². The summed E-state index contributed by atoms with van der Waals surface area (Å²) in [5.41, 5.74) is 10.8. The molecule has 0 saturated carbocycles. The van der Waals surface area contributed by atoms with E-state index in [1.165, 1.54) is 44.6 Å². The normalized spacial score (nSPS) is 18.8. The van der Waals surface area contributed by atoms with Crippen LogP contribution in [0.2, 0.25) is 0 Å². The van der Waals surface area contributed by atoms with Gasteiger partial charge in [0.15, 0.2) is 22.9 Å². The fraction of sp³-hybridized carbons (Fsp3) is 0.409. The summed E-state index contributed by atoms with van der Waals surface area (Å²) in [5.74, 6) is 0. The molecule has 0 fully saturated rings. The van der Waals surface area contributed by atoms with Gasteiger partial charge in [-0.05, 0) is 6.07 Å². The van der Waals surface area contributed by atoms with Crippen molar-refractivity contribution < 1.29 is 8.97 Å². The number of nitrogens with zero attached hydrogens (tertiary/aromatic N) is 4. The van der Waals surface area contributed by atoms with Gasteiger partial charge in [-0.2, -0.15) is 8.97 Å². The van der Waals surface area contributed by atoms with Crippen LogP contribution in [-0.2, 0) is 24.4 Å². The van der Waals surface area contributed by atoms with E-state index >= 15 is 0 Å². The van der Waals surface area contributed by atoms with Gasteiger partial charge in [0.05, 0.1) is 0 Å². The SMILES string of the molecule is Cc1c2[n+]3c4c(ccnc4c4c5c(cc[n+]4C)Cn1c53)C(C)(C)C2(C)C. The predicted molar refractivity (Wildman–Crippen MR) is 101 cm³/mol. The highest BCUT2D eigenvalue weighted by Gasteiger charge is 2.53. The molecule has 0 atom stereocenters. The molecule has 0 N–H and O–H groups in total. The van der Waals surface area contributed by atoms with E-state index < -0.39 is 0 Å². The Bertz CT molecular complexity index is 1320. The van der Waals surface area contributed by atoms with Gasteiger partial charge in [-0.3, -0.25) is 0 Å². The first-order valence-electron chi connectivity index (χ1n) is 9.44. The zero-order valence-electron chi connectivity index (χ0n) is 16.3. The summed E-state index contributed by atoms with van der Waals surface area (Å²) in [7, 11) is 2.14. The Morgan fingerprint density at radius 1 is 1.08 bits per heavy atom. The first-order valence-corrected chi connectivity index (χ1v) is 9.44. The highest BCUT2D eigenvalue weighted by atomic mass is 15.2. The van der Waals surface area contributed by atoms with Crippen molar-refractivity contribution in [2.45, 2.75) is 52.0 Å². The molecule has 0 saturated heterocycles. The monoisotopic (exact) mass is 344 g/mol. The smallest absolute Gasteiger partial charge is 0.246 e. The van der Waals surface area contributed by atoms with Gasteiger partial charge < -0.3 is 0 Å². The lowest BCUT2D eigenvalue weighted by Gasteiger charge is -2.43. The number of hydrogen-bond acceptors (Lipinski definition) is 1. The molecule has 0 spiro atoms. The molecule has 0 radical (unpaired) electrons. The van der Waals surface area contributed by atoms with Crippen LogP contribution in [0.5, 0.6) is 0 Å². The van der Waals surface area contributed by atoms with Crippen molar-refractivity contribution >= 4 is 27.6 Å². The first kappa shape index (κ1) is 14.7. The molecule has 4 heteroatoms. The zero-order chi connectivity index (χ0) is 18.2. The molecule has 4 aromatic heterocycles. The summed E-state index contributed by atoms with van der Waals surface area (Å²) in [5, 5.41) is 1.37. The highest BCUT2D eigenvalue weighted by molar-refractivity contribution is 6.06. The standard InChI is InChI=1S/C22H24N4/c1-12-19-22(4,5)21(2,3)14-7-9-23-16-17(14)26(19)20-15-13(11-25(12)20)8-10-24(6)18(15)16/h7-10H,11H2,1-6H3/q+2. The van der Waals surface area contributed by atoms with E-state index in [1.807, 2.05) is 6.20 Å². The summed E-state index contributed by atoms with van der Waals surface area (Å²) >= 11 is 0. The second-order valence-electron chi connectivity index (χ2n) is 9.16. The molecular formula is C22H24N4+2. The molecule has 0 unspecified atom stereocenters. The quantitative estimate of drug-likeness (QED) is 0.313. The number of aromatic nitrogens is 4. The fourth-order valence-corrected chi connectivity index (χ4v) is 5.58. The van der Waals surface area contributed by atoms with Crippen molar-refractivity contribution in [3.8, 4) is 0 Å². The second kappa shape index (κ2) is 3.93. The first-order chi connectivity index (χ1) is 12.3. The fourth-order valence-electron chi connectivity index (χ4n) is 5.58. The third-order valence-electron chi connectivity index (χ3n) is 7.60. The molecule has 0 amide bonds. The molecule has 26 heavy (non-hydrogen) atoms. The zero-order valence-corrected chi connectivity index (χ0v) is 16.3. The third kappa shape index (κ3) is 1.24. The van der Waals surface area contributed by atoms with Gasteiger partial charge in [0.25, 0.3) is 5.52 Å². The lowest BCUT2D eigenvalue weighted by Crippen LogP contribution is -2.52. The molecule has 0 aliphatic carbocycles. The molecule has 2 aliphatic heterocycles. The number of hydrogen-bond donors (Lipinski definition) is 0. The largest absolute Gasteiger partial charge is 0.302 e. The van der Waals surface area contributed by atoms with Crippen LogP contribution in [0.15, 0.2) is 24.5 Å². The number of fused-ring (bicyclic) bond motifs is 1. The molecule has 6 heterocycles. The van der Waals surface area contributed by atoms with Crippen LogP contribution in [0.4, 0.5) is 0 Å². The molecule has 0 aromatic carbocycles. The second-order valence-corrected chi connectivity index (χ2v) is 9.16. The van der Waals surface area contributed by atoms with E-state index in [0.29, 0.717) is 0 Å². The van der Waals surface area contributed by atoms with Gasteiger partial charge >= 0.3 is 5.65 Å². The maximum Gasteiger partial charge on any atom is 0.302 e. The topological polar surface area (TPSA) is 25.8 Å². The molecule has 6 rings (SSSR count). The van der Waals surface area contributed by atoms with Gasteiger partial charge in [0, 0.05) is 41.1 Å². The number of imidazole rings is 1. The third-order valence-corrected chi connectivity index (χ3v) is 7.60. The van der Waals surface area contributed by atoms with Crippen molar-refractivity contribution in [3.05, 3.63) is 47.0 Å². The summed E-state index contributed by atoms with van der Waals surface area (Å²) in [6, 6.07) is 4.50. The lowest BCUT2D eigenvalue weighted by molar-refractivity contribution is -0.644. The highest BCUT2D eigenvalue weighted by Crippen LogP contribution is 2.50. The maximum atomic E-state index is 4.89. The molecule has 2 aliphatic rings. The van der Waals surface area contributed by atoms with Crippen LogP contribution in [0, 0.1) is 6.92 Å². The Balaban J connectivity index is 2.09. The summed E-state index contributed by atoms with van der Waals surface area (Å²) in [6.45, 7) is 12.8. The Morgan fingerprint density at radius 3 is 2.62 bits per heavy atom. The van der Waals surface area contributed by atoms with Gasteiger partial charge in [-0.15, -0.1) is 0 Å². The average molecular weight is 344 g/mol. The average Bonchev–Trinajstić information content (AvgIpc) is 3.10. The van der Waals surface area contributed by atoms with E-state index in [1.54, 1.807) is 0 Å². The molecule has 4 aromatic rings. The molecule has 130 valence electrons. The maximum absolute atomic E-state index is 4.89. The Morgan fingerprint density at radius 2 is 1.85 bits per heavy atom. The number of rotatable bonds is 0. The van der Waals surface area contributed by atoms with E-state index in [9.17, 15) is 0 Å². The van der Waals surface area contributed by atoms with Gasteiger partial charge in [0.1, 0.15) is 24.7 Å². The van der Waals surface area contributed by atoms with Crippen LogP contribution in [0.25, 0.3) is 27.6 Å². The minimum Gasteiger partial charge on any atom is -0.246 e. The van der Waals surface area contributed by atoms with E-state index in [2.05, 4.69) is 73.5 Å². The summed E-state index contributed by atoms with van der Waals surface area (Å²) in [6.07, 6.45) is 4.19. The Labute approximate surface area is 152 Å². The predicted octanol–water partition coefficient (Wildman–Crippen LogP) is 2.99. The van der Waals surface area contributed by atoms with Crippen LogP contribution in [-0.4, -0.2) is 9.55 Å². The van der Waals surface area contributed by atoms with E-state index in [4.69, 9.17) is 4.98 Å². The minimum atomic E-state index is 0.0289. The molecular weight excluding hydrogens is 320 g/mol. The van der Waals surface area contributed by atoms with Gasteiger partial charge in [-0.1, -0.05) is 27.7 Å². The summed E-state index contributed by atoms with van der Waals surface area (Å²) in [4.78, 5) is 4.89. The van der Waals surface area contributed by atoms with Crippen LogP contribution >= 0.6 is 0 Å².